The van der Waals surface area contributed by atoms with E-state index in [0.717, 1.165) is 52.2 Å². The summed E-state index contributed by atoms with van der Waals surface area (Å²) in [6, 6.07) is 0. The second-order valence-electron chi connectivity index (χ2n) is 5.55. The zero-order valence-electron chi connectivity index (χ0n) is 13.4. The van der Waals surface area contributed by atoms with Crippen molar-refractivity contribution in [2.75, 3.05) is 59.6 Å². The van der Waals surface area contributed by atoms with Crippen LogP contribution in [0.1, 0.15) is 26.2 Å². The lowest BCUT2D eigenvalue weighted by molar-refractivity contribution is -0.141. The van der Waals surface area contributed by atoms with Gasteiger partial charge in [0, 0.05) is 45.9 Å². The molecular formula is C15H30N2O4. The molecule has 1 N–H and O–H groups in total. The van der Waals surface area contributed by atoms with Gasteiger partial charge in [0.25, 0.3) is 0 Å². The first kappa shape index (κ1) is 18.4. The highest BCUT2D eigenvalue weighted by molar-refractivity contribution is 5.69. The number of rotatable bonds is 10. The highest BCUT2D eigenvalue weighted by Gasteiger charge is 2.19. The maximum absolute atomic E-state index is 11.1. The number of methoxy groups -OCH3 is 1. The number of carbonyl (C=O) groups excluding carboxylic acids is 1. The van der Waals surface area contributed by atoms with Crippen LogP contribution >= 0.6 is 0 Å². The van der Waals surface area contributed by atoms with Crippen molar-refractivity contribution in [3.63, 3.8) is 0 Å². The smallest absolute Gasteiger partial charge is 0.306 e. The van der Waals surface area contributed by atoms with Crippen LogP contribution in [0.5, 0.6) is 0 Å². The highest BCUT2D eigenvalue weighted by atomic mass is 16.5. The van der Waals surface area contributed by atoms with E-state index in [1.165, 1.54) is 7.11 Å². The number of carbonyl (C=O) groups is 1. The Morgan fingerprint density at radius 3 is 2.52 bits per heavy atom. The van der Waals surface area contributed by atoms with Crippen LogP contribution in [0.4, 0.5) is 0 Å². The maximum atomic E-state index is 11.1. The topological polar surface area (TPSA) is 62.2 Å². The fourth-order valence-electron chi connectivity index (χ4n) is 2.36. The number of hydrogen-bond donors (Lipinski definition) is 1. The van der Waals surface area contributed by atoms with Crippen LogP contribution in [-0.2, 0) is 14.3 Å². The molecule has 1 rings (SSSR count). The maximum Gasteiger partial charge on any atom is 0.306 e. The van der Waals surface area contributed by atoms with E-state index in [0.29, 0.717) is 19.6 Å². The van der Waals surface area contributed by atoms with Crippen molar-refractivity contribution >= 4 is 5.97 Å². The van der Waals surface area contributed by atoms with E-state index in [9.17, 15) is 9.90 Å². The van der Waals surface area contributed by atoms with Crippen LogP contribution in [0, 0.1) is 0 Å². The average Bonchev–Trinajstić information content (AvgIpc) is 2.50. The molecule has 6 heteroatoms. The molecule has 0 aromatic heterocycles. The van der Waals surface area contributed by atoms with Gasteiger partial charge >= 0.3 is 5.97 Å². The van der Waals surface area contributed by atoms with Crippen LogP contribution < -0.4 is 0 Å². The van der Waals surface area contributed by atoms with Gasteiger partial charge in [0.05, 0.1) is 26.2 Å². The summed E-state index contributed by atoms with van der Waals surface area (Å²) in [6.07, 6.45) is 2.20. The van der Waals surface area contributed by atoms with Gasteiger partial charge in [-0.2, -0.15) is 0 Å². The minimum Gasteiger partial charge on any atom is -0.469 e. The number of piperazine rings is 1. The molecule has 0 spiro atoms. The number of nitrogens with zero attached hydrogens (tertiary/aromatic N) is 2. The van der Waals surface area contributed by atoms with Crippen LogP contribution in [0.15, 0.2) is 0 Å². The average molecular weight is 302 g/mol. The van der Waals surface area contributed by atoms with E-state index in [4.69, 9.17) is 4.74 Å². The number of unbranched alkanes of at least 4 members (excludes halogenated alkanes) is 1. The van der Waals surface area contributed by atoms with E-state index >= 15 is 0 Å². The van der Waals surface area contributed by atoms with Crippen molar-refractivity contribution < 1.29 is 19.4 Å². The van der Waals surface area contributed by atoms with Crippen molar-refractivity contribution in [3.05, 3.63) is 0 Å². The lowest BCUT2D eigenvalue weighted by atomic mass is 10.2. The molecule has 124 valence electrons. The molecule has 1 aliphatic rings. The minimum atomic E-state index is -0.413. The van der Waals surface area contributed by atoms with Gasteiger partial charge in [-0.1, -0.05) is 13.3 Å². The van der Waals surface area contributed by atoms with Gasteiger partial charge in [0.2, 0.25) is 0 Å². The molecule has 0 aliphatic carbocycles. The van der Waals surface area contributed by atoms with Gasteiger partial charge in [-0.05, 0) is 6.42 Å². The normalized spacial score (nSPS) is 18.6. The summed E-state index contributed by atoms with van der Waals surface area (Å²) in [5.74, 6) is -0.155. The number of aliphatic hydroxyl groups excluding tert-OH is 1. The first-order valence-electron chi connectivity index (χ1n) is 7.93. The fourth-order valence-corrected chi connectivity index (χ4v) is 2.36. The fraction of sp³-hybridized carbons (Fsp3) is 0.933. The number of aliphatic hydroxyl groups is 1. The van der Waals surface area contributed by atoms with Gasteiger partial charge in [0.15, 0.2) is 0 Å². The lowest BCUT2D eigenvalue weighted by Gasteiger charge is -2.35. The summed E-state index contributed by atoms with van der Waals surface area (Å²) in [7, 11) is 1.42. The van der Waals surface area contributed by atoms with Gasteiger partial charge in [0.1, 0.15) is 0 Å². The quantitative estimate of drug-likeness (QED) is 0.464. The summed E-state index contributed by atoms with van der Waals surface area (Å²) in [5, 5.41) is 9.93. The molecule has 21 heavy (non-hydrogen) atoms. The molecule has 1 atom stereocenters. The predicted molar refractivity (Wildman–Crippen MR) is 81.2 cm³/mol. The van der Waals surface area contributed by atoms with Gasteiger partial charge < -0.3 is 19.5 Å². The van der Waals surface area contributed by atoms with Crippen LogP contribution in [-0.4, -0.2) is 86.6 Å². The first-order valence-corrected chi connectivity index (χ1v) is 7.93. The number of β-amino-alcohol motifs (C(OH)–C–C–N with tert-alkyl or cyclic N) is 1. The third-order valence-corrected chi connectivity index (χ3v) is 3.75. The molecule has 0 amide bonds. The SMILES string of the molecule is CCCCOCC(O)CN1CCN(CCC(=O)OC)CC1. The molecule has 0 radical (unpaired) electrons. The number of esters is 1. The Labute approximate surface area is 128 Å². The molecule has 1 aliphatic heterocycles. The Bertz CT molecular complexity index is 281. The van der Waals surface area contributed by atoms with Crippen molar-refractivity contribution in [3.8, 4) is 0 Å². The Balaban J connectivity index is 2.08. The second-order valence-corrected chi connectivity index (χ2v) is 5.55. The van der Waals surface area contributed by atoms with E-state index < -0.39 is 6.10 Å². The largest absolute Gasteiger partial charge is 0.469 e. The first-order chi connectivity index (χ1) is 10.2. The highest BCUT2D eigenvalue weighted by Crippen LogP contribution is 2.04. The lowest BCUT2D eigenvalue weighted by Crippen LogP contribution is -2.49. The molecule has 1 fully saturated rings. The molecule has 0 aromatic carbocycles. The summed E-state index contributed by atoms with van der Waals surface area (Å²) in [5.41, 5.74) is 0. The van der Waals surface area contributed by atoms with Crippen LogP contribution in [0.25, 0.3) is 0 Å². The zero-order valence-corrected chi connectivity index (χ0v) is 13.4. The zero-order chi connectivity index (χ0) is 15.5. The Morgan fingerprint density at radius 2 is 1.90 bits per heavy atom. The van der Waals surface area contributed by atoms with E-state index in [1.54, 1.807) is 0 Å². The molecule has 1 saturated heterocycles. The van der Waals surface area contributed by atoms with Gasteiger partial charge in [-0.15, -0.1) is 0 Å². The molecule has 1 unspecified atom stereocenters. The molecular weight excluding hydrogens is 272 g/mol. The Morgan fingerprint density at radius 1 is 1.24 bits per heavy atom. The van der Waals surface area contributed by atoms with Crippen molar-refractivity contribution in [1.29, 1.82) is 0 Å². The molecule has 0 aromatic rings. The monoisotopic (exact) mass is 302 g/mol. The van der Waals surface area contributed by atoms with Crippen molar-refractivity contribution in [1.82, 2.24) is 9.80 Å². The van der Waals surface area contributed by atoms with E-state index in [2.05, 4.69) is 21.5 Å². The predicted octanol–water partition coefficient (Wildman–Crippen LogP) is 0.345. The van der Waals surface area contributed by atoms with Crippen LogP contribution in [0.2, 0.25) is 0 Å². The third kappa shape index (κ3) is 8.36. The van der Waals surface area contributed by atoms with Gasteiger partial charge in [-0.3, -0.25) is 9.69 Å². The summed E-state index contributed by atoms with van der Waals surface area (Å²) >= 11 is 0. The second kappa shape index (κ2) is 11.0. The van der Waals surface area contributed by atoms with Crippen molar-refractivity contribution in [2.45, 2.75) is 32.3 Å². The van der Waals surface area contributed by atoms with Crippen LogP contribution in [0.3, 0.4) is 0 Å². The Kier molecular flexibility index (Phi) is 9.58. The summed E-state index contributed by atoms with van der Waals surface area (Å²) in [4.78, 5) is 15.6. The molecule has 0 saturated carbocycles. The number of hydrogen-bond acceptors (Lipinski definition) is 6. The van der Waals surface area contributed by atoms with Gasteiger partial charge in [-0.25, -0.2) is 0 Å². The standard InChI is InChI=1S/C15H30N2O4/c1-3-4-11-21-13-14(18)12-17-9-7-16(8-10-17)6-5-15(19)20-2/h14,18H,3-13H2,1-2H3. The van der Waals surface area contributed by atoms with Crippen molar-refractivity contribution in [2.24, 2.45) is 0 Å². The van der Waals surface area contributed by atoms with E-state index in [-0.39, 0.29) is 5.97 Å². The summed E-state index contributed by atoms with van der Waals surface area (Å²) in [6.45, 7) is 8.40. The minimum absolute atomic E-state index is 0.155. The molecule has 0 bridgehead atoms. The number of ether oxygens (including phenoxy) is 2. The molecule has 6 nitrogen and oxygen atoms in total. The third-order valence-electron chi connectivity index (χ3n) is 3.75. The summed E-state index contributed by atoms with van der Waals surface area (Å²) < 4.78 is 10.1. The van der Waals surface area contributed by atoms with E-state index in [1.807, 2.05) is 0 Å². The molecule has 1 heterocycles. The Hall–Kier alpha value is -0.690.